The molecule has 7 nitrogen and oxygen atoms in total. The summed E-state index contributed by atoms with van der Waals surface area (Å²) in [6.45, 7) is 1.47. The molecule has 2 aliphatic rings. The molecule has 1 saturated heterocycles. The quantitative estimate of drug-likeness (QED) is 0.741. The van der Waals surface area contributed by atoms with Crippen LogP contribution >= 0.6 is 11.6 Å². The summed E-state index contributed by atoms with van der Waals surface area (Å²) in [5, 5.41) is 23.8. The van der Waals surface area contributed by atoms with Crippen LogP contribution in [0.5, 0.6) is 5.75 Å². The molecule has 144 valence electrons. The number of carboxylic acids is 1. The van der Waals surface area contributed by atoms with Gasteiger partial charge in [0, 0.05) is 31.4 Å². The number of pyridine rings is 1. The van der Waals surface area contributed by atoms with Gasteiger partial charge in [0.2, 0.25) is 5.43 Å². The van der Waals surface area contributed by atoms with E-state index in [1.54, 1.807) is 4.57 Å². The highest BCUT2D eigenvalue weighted by Crippen LogP contribution is 2.45. The van der Waals surface area contributed by atoms with Crippen LogP contribution in [0.2, 0.25) is 5.02 Å². The van der Waals surface area contributed by atoms with Gasteiger partial charge in [-0.05, 0) is 38.8 Å². The number of piperidine rings is 1. The van der Waals surface area contributed by atoms with Gasteiger partial charge in [-0.25, -0.2) is 4.79 Å². The van der Waals surface area contributed by atoms with E-state index in [1.165, 1.54) is 12.3 Å². The second kappa shape index (κ2) is 6.73. The van der Waals surface area contributed by atoms with E-state index in [1.807, 2.05) is 11.9 Å². The Balaban J connectivity index is 1.95. The van der Waals surface area contributed by atoms with Crippen LogP contribution < -0.4 is 15.6 Å². The van der Waals surface area contributed by atoms with Crippen molar-refractivity contribution in [3.8, 4) is 5.75 Å². The van der Waals surface area contributed by atoms with Crippen LogP contribution in [0.3, 0.4) is 0 Å². The molecule has 2 aromatic rings. The lowest BCUT2D eigenvalue weighted by Gasteiger charge is -2.35. The minimum Gasteiger partial charge on any atom is -0.506 e. The normalized spacial score (nSPS) is 20.2. The molecule has 0 bridgehead atoms. The molecule has 2 fully saturated rings. The van der Waals surface area contributed by atoms with Crippen LogP contribution in [-0.2, 0) is 0 Å². The van der Waals surface area contributed by atoms with E-state index < -0.39 is 11.4 Å². The van der Waals surface area contributed by atoms with Gasteiger partial charge in [-0.1, -0.05) is 11.6 Å². The highest BCUT2D eigenvalue weighted by molar-refractivity contribution is 6.38. The van der Waals surface area contributed by atoms with E-state index in [0.717, 1.165) is 32.2 Å². The van der Waals surface area contributed by atoms with Gasteiger partial charge in [-0.15, -0.1) is 0 Å². The molecule has 1 aliphatic carbocycles. The summed E-state index contributed by atoms with van der Waals surface area (Å²) in [6.07, 6.45) is 5.23. The summed E-state index contributed by atoms with van der Waals surface area (Å²) in [5.41, 5.74) is 0.102. The zero-order valence-corrected chi connectivity index (χ0v) is 15.8. The Kier molecular flexibility index (Phi) is 4.52. The predicted molar refractivity (Wildman–Crippen MR) is 104 cm³/mol. The maximum atomic E-state index is 12.7. The van der Waals surface area contributed by atoms with Crippen LogP contribution in [0.15, 0.2) is 17.1 Å². The fraction of sp³-hybridized carbons (Fsp3) is 0.474. The molecule has 0 amide bonds. The van der Waals surface area contributed by atoms with E-state index in [-0.39, 0.29) is 22.7 Å². The van der Waals surface area contributed by atoms with Crippen molar-refractivity contribution in [1.29, 1.82) is 0 Å². The van der Waals surface area contributed by atoms with Crippen LogP contribution in [0.25, 0.3) is 10.9 Å². The molecule has 3 N–H and O–H groups in total. The minimum absolute atomic E-state index is 0.0914. The Morgan fingerprint density at radius 1 is 1.33 bits per heavy atom. The number of likely N-dealkylation sites (N-methyl/N-ethyl adjacent to an activating group) is 1. The number of rotatable bonds is 4. The number of fused-ring (bicyclic) bond motifs is 1. The topological polar surface area (TPSA) is 94.8 Å². The molecule has 27 heavy (non-hydrogen) atoms. The second-order valence-electron chi connectivity index (χ2n) is 7.34. The average molecular weight is 392 g/mol. The molecule has 1 aromatic heterocycles. The number of carbonyl (C=O) groups is 1. The Hall–Kier alpha value is -2.25. The van der Waals surface area contributed by atoms with Crippen molar-refractivity contribution in [2.75, 3.05) is 25.0 Å². The number of aromatic carboxylic acids is 1. The molecule has 2 heterocycles. The van der Waals surface area contributed by atoms with Crippen molar-refractivity contribution in [2.45, 2.75) is 37.8 Å². The zero-order chi connectivity index (χ0) is 19.3. The fourth-order valence-electron chi connectivity index (χ4n) is 3.96. The molecular weight excluding hydrogens is 370 g/mol. The second-order valence-corrected chi connectivity index (χ2v) is 7.72. The Morgan fingerprint density at radius 2 is 2.07 bits per heavy atom. The van der Waals surface area contributed by atoms with Gasteiger partial charge in [-0.2, -0.15) is 0 Å². The van der Waals surface area contributed by atoms with Crippen molar-refractivity contribution in [3.63, 3.8) is 0 Å². The summed E-state index contributed by atoms with van der Waals surface area (Å²) < 4.78 is 1.80. The lowest BCUT2D eigenvalue weighted by Crippen LogP contribution is -2.44. The largest absolute Gasteiger partial charge is 0.506 e. The standard InChI is InChI=1S/C19H22ClN3O4/c1-21-10-3-2-6-22(8-10)17-14(24)7-12-16(15(17)20)23(11-4-5-11)9-13(18(12)25)19(26)27/h7,9-11,21,24H,2-6,8H2,1H3,(H,26,27)/t10-/m0/s1. The van der Waals surface area contributed by atoms with Gasteiger partial charge in [0.15, 0.2) is 0 Å². The summed E-state index contributed by atoms with van der Waals surface area (Å²) in [7, 11) is 1.91. The molecule has 0 spiro atoms. The minimum atomic E-state index is -1.27. The molecule has 1 aromatic carbocycles. The summed E-state index contributed by atoms with van der Waals surface area (Å²) in [6, 6.07) is 1.80. The van der Waals surface area contributed by atoms with Gasteiger partial charge < -0.3 is 25.0 Å². The number of carboxylic acid groups (broad SMARTS) is 1. The van der Waals surface area contributed by atoms with E-state index in [4.69, 9.17) is 11.6 Å². The SMILES string of the molecule is CN[C@H]1CCCN(c2c(O)cc3c(=O)c(C(=O)O)cn(C4CC4)c3c2Cl)C1. The number of nitrogens with zero attached hydrogens (tertiary/aromatic N) is 2. The third-order valence-electron chi connectivity index (χ3n) is 5.53. The van der Waals surface area contributed by atoms with Gasteiger partial charge in [0.1, 0.15) is 17.0 Å². The first-order valence-corrected chi connectivity index (χ1v) is 9.56. The zero-order valence-electron chi connectivity index (χ0n) is 15.0. The van der Waals surface area contributed by atoms with Crippen LogP contribution in [0.1, 0.15) is 42.1 Å². The predicted octanol–water partition coefficient (Wildman–Crippen LogP) is 2.58. The van der Waals surface area contributed by atoms with Gasteiger partial charge in [0.05, 0.1) is 15.9 Å². The Labute approximate surface area is 161 Å². The molecule has 1 aliphatic heterocycles. The number of benzene rings is 1. The highest BCUT2D eigenvalue weighted by Gasteiger charge is 2.31. The summed E-state index contributed by atoms with van der Waals surface area (Å²) in [5.74, 6) is -1.37. The van der Waals surface area contributed by atoms with E-state index in [2.05, 4.69) is 5.32 Å². The molecule has 4 rings (SSSR count). The van der Waals surface area contributed by atoms with Crippen LogP contribution in [0, 0.1) is 0 Å². The molecule has 8 heteroatoms. The maximum absolute atomic E-state index is 12.7. The van der Waals surface area contributed by atoms with E-state index in [9.17, 15) is 19.8 Å². The third kappa shape index (κ3) is 3.04. The Bertz CT molecular complexity index is 983. The maximum Gasteiger partial charge on any atom is 0.341 e. The van der Waals surface area contributed by atoms with Crippen molar-refractivity contribution >= 4 is 34.2 Å². The number of aromatic nitrogens is 1. The monoisotopic (exact) mass is 391 g/mol. The molecule has 0 radical (unpaired) electrons. The van der Waals surface area contributed by atoms with Gasteiger partial charge in [0.25, 0.3) is 0 Å². The van der Waals surface area contributed by atoms with Gasteiger partial charge >= 0.3 is 5.97 Å². The fourth-order valence-corrected chi connectivity index (χ4v) is 4.37. The lowest BCUT2D eigenvalue weighted by molar-refractivity contribution is 0.0695. The van der Waals surface area contributed by atoms with Crippen molar-refractivity contribution in [3.05, 3.63) is 33.1 Å². The molecular formula is C19H22ClN3O4. The summed E-state index contributed by atoms with van der Waals surface area (Å²) >= 11 is 6.72. The highest BCUT2D eigenvalue weighted by atomic mass is 35.5. The number of anilines is 1. The number of aromatic hydroxyl groups is 1. The van der Waals surface area contributed by atoms with E-state index >= 15 is 0 Å². The third-order valence-corrected chi connectivity index (χ3v) is 5.88. The number of halogens is 1. The molecule has 1 atom stereocenters. The number of hydrogen-bond donors (Lipinski definition) is 3. The average Bonchev–Trinajstić information content (AvgIpc) is 3.47. The smallest absolute Gasteiger partial charge is 0.341 e. The van der Waals surface area contributed by atoms with Gasteiger partial charge in [-0.3, -0.25) is 4.79 Å². The van der Waals surface area contributed by atoms with Crippen LogP contribution in [-0.4, -0.2) is 46.9 Å². The number of phenols is 1. The van der Waals surface area contributed by atoms with Crippen LogP contribution in [0.4, 0.5) is 5.69 Å². The first kappa shape index (κ1) is 18.1. The number of phenolic OH excluding ortho intramolecular Hbond substituents is 1. The summed E-state index contributed by atoms with van der Waals surface area (Å²) in [4.78, 5) is 26.2. The Morgan fingerprint density at radius 3 is 2.70 bits per heavy atom. The van der Waals surface area contributed by atoms with Crippen molar-refractivity contribution in [2.24, 2.45) is 0 Å². The molecule has 0 unspecified atom stereocenters. The van der Waals surface area contributed by atoms with E-state index in [0.29, 0.717) is 28.8 Å². The molecule has 1 saturated carbocycles. The van der Waals surface area contributed by atoms with Crippen molar-refractivity contribution in [1.82, 2.24) is 9.88 Å². The number of hydrogen-bond acceptors (Lipinski definition) is 5. The lowest BCUT2D eigenvalue weighted by atomic mass is 10.0. The number of nitrogens with one attached hydrogen (secondary N) is 1. The first-order valence-electron chi connectivity index (χ1n) is 9.18. The van der Waals surface area contributed by atoms with Crippen molar-refractivity contribution < 1.29 is 15.0 Å². The first-order chi connectivity index (χ1) is 12.9.